The predicted molar refractivity (Wildman–Crippen MR) is 112 cm³/mol. The monoisotopic (exact) mass is 393 g/mol. The van der Waals surface area contributed by atoms with E-state index in [2.05, 4.69) is 21.8 Å². The van der Waals surface area contributed by atoms with E-state index in [1.807, 2.05) is 26.0 Å². The Morgan fingerprint density at radius 1 is 1.10 bits per heavy atom. The van der Waals surface area contributed by atoms with Crippen LogP contribution in [0.4, 0.5) is 5.69 Å². The van der Waals surface area contributed by atoms with Crippen LogP contribution in [0.3, 0.4) is 0 Å². The maximum atomic E-state index is 11.9. The first-order valence-corrected chi connectivity index (χ1v) is 9.03. The molecule has 2 rings (SSSR count). The number of amides is 2. The largest absolute Gasteiger partial charge is 0.490 e. The summed E-state index contributed by atoms with van der Waals surface area (Å²) in [5.41, 5.74) is 4.73. The molecule has 0 saturated heterocycles. The smallest absolute Gasteiger partial charge is 0.249 e. The predicted octanol–water partition coefficient (Wildman–Crippen LogP) is 2.88. The fraction of sp³-hybridized carbons (Fsp3) is 0.227. The average Bonchev–Trinajstić information content (AvgIpc) is 2.69. The molecule has 150 valence electrons. The minimum atomic E-state index is -0.523. The van der Waals surface area contributed by atoms with Gasteiger partial charge in [-0.05, 0) is 49.7 Å². The fourth-order valence-corrected chi connectivity index (χ4v) is 2.32. The molecule has 0 unspecified atom stereocenters. The molecule has 29 heavy (non-hydrogen) atoms. The number of nitrogens with one attached hydrogen (secondary N) is 2. The van der Waals surface area contributed by atoms with Crippen molar-refractivity contribution in [3.63, 3.8) is 0 Å². The van der Waals surface area contributed by atoms with Gasteiger partial charge in [-0.2, -0.15) is 5.10 Å². The van der Waals surface area contributed by atoms with E-state index in [1.54, 1.807) is 30.3 Å². The second-order valence-corrected chi connectivity index (χ2v) is 6.02. The second-order valence-electron chi connectivity index (χ2n) is 6.02. The molecule has 7 nitrogen and oxygen atoms in total. The number of hydrogen-bond acceptors (Lipinski definition) is 5. The summed E-state index contributed by atoms with van der Waals surface area (Å²) in [6.45, 7) is 4.40. The maximum Gasteiger partial charge on any atom is 0.249 e. The molecule has 2 aromatic rings. The van der Waals surface area contributed by atoms with Crippen LogP contribution >= 0.6 is 0 Å². The van der Waals surface area contributed by atoms with Gasteiger partial charge in [0, 0.05) is 5.69 Å². The molecule has 7 heteroatoms. The van der Waals surface area contributed by atoms with Crippen molar-refractivity contribution in [2.75, 3.05) is 18.5 Å². The first-order valence-electron chi connectivity index (χ1n) is 9.03. The van der Waals surface area contributed by atoms with Gasteiger partial charge in [-0.15, -0.1) is 6.42 Å². The zero-order valence-corrected chi connectivity index (χ0v) is 16.4. The number of ether oxygens (including phenoxy) is 2. The molecule has 2 aromatic carbocycles. The zero-order chi connectivity index (χ0) is 21.1. The lowest BCUT2D eigenvalue weighted by molar-refractivity contribution is -0.126. The van der Waals surface area contributed by atoms with Crippen molar-refractivity contribution in [3.8, 4) is 23.8 Å². The fourth-order valence-electron chi connectivity index (χ4n) is 2.32. The Kier molecular flexibility index (Phi) is 8.27. The normalized spacial score (nSPS) is 10.2. The summed E-state index contributed by atoms with van der Waals surface area (Å²) in [5, 5.41) is 6.53. The van der Waals surface area contributed by atoms with E-state index in [9.17, 15) is 9.59 Å². The molecular formula is C22H23N3O4. The number of carbonyl (C=O) groups is 2. The van der Waals surface area contributed by atoms with Crippen molar-refractivity contribution < 1.29 is 19.1 Å². The summed E-state index contributed by atoms with van der Waals surface area (Å²) in [6, 6.07) is 12.5. The van der Waals surface area contributed by atoms with E-state index < -0.39 is 11.8 Å². The molecule has 2 amide bonds. The van der Waals surface area contributed by atoms with Crippen molar-refractivity contribution in [2.45, 2.75) is 20.3 Å². The van der Waals surface area contributed by atoms with E-state index in [4.69, 9.17) is 15.9 Å². The molecule has 0 aliphatic carbocycles. The number of rotatable bonds is 9. The first-order chi connectivity index (χ1) is 14.0. The second kappa shape index (κ2) is 11.1. The quantitative estimate of drug-likeness (QED) is 0.297. The Morgan fingerprint density at radius 2 is 1.86 bits per heavy atom. The number of nitrogens with zero attached hydrogens (tertiary/aromatic N) is 1. The lowest BCUT2D eigenvalue weighted by Crippen LogP contribution is -2.24. The van der Waals surface area contributed by atoms with Crippen LogP contribution in [0.5, 0.6) is 11.5 Å². The summed E-state index contributed by atoms with van der Waals surface area (Å²) in [4.78, 5) is 23.8. The minimum absolute atomic E-state index is 0.133. The number of benzene rings is 2. The first kappa shape index (κ1) is 21.5. The molecule has 0 aliphatic rings. The molecule has 0 spiro atoms. The highest BCUT2D eigenvalue weighted by atomic mass is 16.5. The topological polar surface area (TPSA) is 89.0 Å². The summed E-state index contributed by atoms with van der Waals surface area (Å²) in [5.74, 6) is 2.50. The van der Waals surface area contributed by atoms with E-state index in [1.165, 1.54) is 6.21 Å². The standard InChI is InChI=1S/C22H23N3O4/c1-4-12-29-19-11-8-17(13-20(19)28-5-2)15-23-25-22(27)14-21(26)24-18-9-6-16(3)7-10-18/h1,6-11,13,15H,5,12,14H2,2-3H3,(H,24,26)(H,25,27). The Hall–Kier alpha value is -3.79. The van der Waals surface area contributed by atoms with E-state index in [0.29, 0.717) is 29.4 Å². The molecule has 0 aromatic heterocycles. The van der Waals surface area contributed by atoms with Crippen molar-refractivity contribution >= 4 is 23.7 Å². The van der Waals surface area contributed by atoms with Gasteiger partial charge >= 0.3 is 0 Å². The van der Waals surface area contributed by atoms with Gasteiger partial charge in [-0.3, -0.25) is 9.59 Å². The average molecular weight is 393 g/mol. The van der Waals surface area contributed by atoms with Gasteiger partial charge < -0.3 is 14.8 Å². The maximum absolute atomic E-state index is 11.9. The van der Waals surface area contributed by atoms with Crippen LogP contribution < -0.4 is 20.2 Å². The summed E-state index contributed by atoms with van der Waals surface area (Å²) < 4.78 is 10.9. The van der Waals surface area contributed by atoms with Gasteiger partial charge in [0.15, 0.2) is 11.5 Å². The third-order valence-electron chi connectivity index (χ3n) is 3.64. The van der Waals surface area contributed by atoms with Gasteiger partial charge in [0.25, 0.3) is 0 Å². The van der Waals surface area contributed by atoms with E-state index >= 15 is 0 Å². The minimum Gasteiger partial charge on any atom is -0.490 e. The van der Waals surface area contributed by atoms with Gasteiger partial charge in [0.05, 0.1) is 12.8 Å². The molecule has 0 heterocycles. The van der Waals surface area contributed by atoms with Gasteiger partial charge in [0.2, 0.25) is 11.8 Å². The van der Waals surface area contributed by atoms with Gasteiger partial charge in [-0.25, -0.2) is 5.43 Å². The molecule has 0 bridgehead atoms. The Morgan fingerprint density at radius 3 is 2.55 bits per heavy atom. The third kappa shape index (κ3) is 7.39. The highest BCUT2D eigenvalue weighted by molar-refractivity contribution is 6.03. The zero-order valence-electron chi connectivity index (χ0n) is 16.4. The highest BCUT2D eigenvalue weighted by Gasteiger charge is 2.09. The summed E-state index contributed by atoms with van der Waals surface area (Å²) >= 11 is 0. The molecule has 0 aliphatic heterocycles. The number of hydrogen-bond donors (Lipinski definition) is 2. The number of terminal acetylenes is 1. The van der Waals surface area contributed by atoms with Gasteiger partial charge in [0.1, 0.15) is 13.0 Å². The Bertz CT molecular complexity index is 915. The van der Waals surface area contributed by atoms with E-state index in [0.717, 1.165) is 5.56 Å². The number of carbonyl (C=O) groups excluding carboxylic acids is 2. The van der Waals surface area contributed by atoms with Crippen molar-refractivity contribution in [1.29, 1.82) is 0 Å². The van der Waals surface area contributed by atoms with Crippen LogP contribution in [0.2, 0.25) is 0 Å². The molecule has 2 N–H and O–H groups in total. The molecule has 0 radical (unpaired) electrons. The molecular weight excluding hydrogens is 370 g/mol. The van der Waals surface area contributed by atoms with Crippen LogP contribution in [0.1, 0.15) is 24.5 Å². The molecule has 0 fully saturated rings. The SMILES string of the molecule is C#CCOc1ccc(C=NNC(=O)CC(=O)Nc2ccc(C)cc2)cc1OCC. The van der Waals surface area contributed by atoms with Crippen molar-refractivity contribution in [1.82, 2.24) is 5.43 Å². The van der Waals surface area contributed by atoms with Crippen molar-refractivity contribution in [2.24, 2.45) is 5.10 Å². The molecule has 0 saturated carbocycles. The summed E-state index contributed by atoms with van der Waals surface area (Å²) in [7, 11) is 0. The number of hydrazone groups is 1. The Balaban J connectivity index is 1.88. The molecule has 0 atom stereocenters. The van der Waals surface area contributed by atoms with E-state index in [-0.39, 0.29) is 13.0 Å². The lowest BCUT2D eigenvalue weighted by atomic mass is 10.2. The number of anilines is 1. The highest BCUT2D eigenvalue weighted by Crippen LogP contribution is 2.27. The van der Waals surface area contributed by atoms with Crippen LogP contribution in [0.15, 0.2) is 47.6 Å². The van der Waals surface area contributed by atoms with Crippen LogP contribution in [0.25, 0.3) is 0 Å². The third-order valence-corrected chi connectivity index (χ3v) is 3.64. The van der Waals surface area contributed by atoms with Crippen molar-refractivity contribution in [3.05, 3.63) is 53.6 Å². The van der Waals surface area contributed by atoms with Gasteiger partial charge in [-0.1, -0.05) is 23.6 Å². The van der Waals surface area contributed by atoms with Crippen LogP contribution in [-0.4, -0.2) is 31.2 Å². The Labute approximate surface area is 170 Å². The lowest BCUT2D eigenvalue weighted by Gasteiger charge is -2.10. The summed E-state index contributed by atoms with van der Waals surface area (Å²) in [6.07, 6.45) is 6.31. The number of aryl methyl sites for hydroxylation is 1. The van der Waals surface area contributed by atoms with Crippen LogP contribution in [0, 0.1) is 19.3 Å². The van der Waals surface area contributed by atoms with Crippen LogP contribution in [-0.2, 0) is 9.59 Å².